The Morgan fingerprint density at radius 3 is 2.04 bits per heavy atom. The second-order valence-corrected chi connectivity index (χ2v) is 5.88. The summed E-state index contributed by atoms with van der Waals surface area (Å²) in [4.78, 5) is 41.6. The summed E-state index contributed by atoms with van der Waals surface area (Å²) in [5.74, 6) is -0.221. The van der Waals surface area contributed by atoms with Crippen LogP contribution in [-0.4, -0.2) is 71.7 Å². The van der Waals surface area contributed by atoms with E-state index in [9.17, 15) is 14.4 Å². The van der Waals surface area contributed by atoms with Crippen LogP contribution in [0.2, 0.25) is 0 Å². The average Bonchev–Trinajstić information content (AvgIpc) is 2.84. The largest absolute Gasteiger partial charge is 0.340 e. The molecule has 0 unspecified atom stereocenters. The van der Waals surface area contributed by atoms with Crippen molar-refractivity contribution in [1.29, 1.82) is 0 Å². The quantitative estimate of drug-likeness (QED) is 0.773. The molecule has 3 rings (SSSR count). The van der Waals surface area contributed by atoms with Crippen LogP contribution in [0.4, 0.5) is 0 Å². The molecular weight excluding hydrogens is 294 g/mol. The molecule has 1 aromatic carbocycles. The summed E-state index contributed by atoms with van der Waals surface area (Å²) in [5, 5.41) is 0. The zero-order valence-corrected chi connectivity index (χ0v) is 13.3. The van der Waals surface area contributed by atoms with Crippen LogP contribution in [0, 0.1) is 0 Å². The number of rotatable bonds is 4. The molecule has 1 saturated heterocycles. The number of fused-ring (bicyclic) bond motifs is 1. The number of hydrogen-bond donors (Lipinski definition) is 0. The first-order valence-corrected chi connectivity index (χ1v) is 8.07. The van der Waals surface area contributed by atoms with Crippen LogP contribution in [0.5, 0.6) is 0 Å². The number of hydrogen-bond acceptors (Lipinski definition) is 4. The summed E-state index contributed by atoms with van der Waals surface area (Å²) in [6.07, 6.45) is 0.537. The highest BCUT2D eigenvalue weighted by molar-refractivity contribution is 6.21. The number of imide groups is 1. The maximum absolute atomic E-state index is 12.3. The molecule has 1 aromatic rings. The lowest BCUT2D eigenvalue weighted by molar-refractivity contribution is -0.132. The first-order valence-electron chi connectivity index (χ1n) is 8.07. The summed E-state index contributed by atoms with van der Waals surface area (Å²) >= 11 is 0. The lowest BCUT2D eigenvalue weighted by Gasteiger charge is -2.35. The lowest BCUT2D eigenvalue weighted by atomic mass is 10.1. The first kappa shape index (κ1) is 15.7. The second kappa shape index (κ2) is 6.50. The minimum Gasteiger partial charge on any atom is -0.340 e. The number of benzene rings is 1. The van der Waals surface area contributed by atoms with Gasteiger partial charge in [0, 0.05) is 45.7 Å². The maximum atomic E-state index is 12.3. The van der Waals surface area contributed by atoms with Gasteiger partial charge in [-0.25, -0.2) is 0 Å². The van der Waals surface area contributed by atoms with Gasteiger partial charge >= 0.3 is 0 Å². The van der Waals surface area contributed by atoms with Crippen LogP contribution in [0.25, 0.3) is 0 Å². The molecule has 1 fully saturated rings. The van der Waals surface area contributed by atoms with Gasteiger partial charge in [-0.15, -0.1) is 0 Å². The fourth-order valence-corrected chi connectivity index (χ4v) is 3.13. The Morgan fingerprint density at radius 2 is 1.52 bits per heavy atom. The van der Waals surface area contributed by atoms with Gasteiger partial charge in [0.1, 0.15) is 0 Å². The maximum Gasteiger partial charge on any atom is 0.261 e. The van der Waals surface area contributed by atoms with E-state index in [-0.39, 0.29) is 17.7 Å². The summed E-state index contributed by atoms with van der Waals surface area (Å²) in [7, 11) is 0. The van der Waals surface area contributed by atoms with Crippen molar-refractivity contribution in [1.82, 2.24) is 14.7 Å². The molecule has 0 N–H and O–H groups in total. The predicted octanol–water partition coefficient (Wildman–Crippen LogP) is 0.837. The molecule has 0 radical (unpaired) electrons. The van der Waals surface area contributed by atoms with Crippen LogP contribution in [0.1, 0.15) is 34.1 Å². The van der Waals surface area contributed by atoms with E-state index in [4.69, 9.17) is 0 Å². The van der Waals surface area contributed by atoms with Crippen LogP contribution in [-0.2, 0) is 4.79 Å². The molecular formula is C17H21N3O3. The number of carbonyl (C=O) groups is 3. The van der Waals surface area contributed by atoms with Crippen LogP contribution >= 0.6 is 0 Å². The highest BCUT2D eigenvalue weighted by atomic mass is 16.2. The van der Waals surface area contributed by atoms with E-state index >= 15 is 0 Å². The number of piperazine rings is 1. The van der Waals surface area contributed by atoms with E-state index < -0.39 is 0 Å². The van der Waals surface area contributed by atoms with Gasteiger partial charge in [-0.05, 0) is 12.1 Å². The smallest absolute Gasteiger partial charge is 0.261 e. The Morgan fingerprint density at radius 1 is 0.957 bits per heavy atom. The van der Waals surface area contributed by atoms with Crippen molar-refractivity contribution in [3.8, 4) is 0 Å². The van der Waals surface area contributed by atoms with Gasteiger partial charge in [-0.1, -0.05) is 19.1 Å². The third kappa shape index (κ3) is 2.99. The molecule has 122 valence electrons. The zero-order chi connectivity index (χ0) is 16.4. The first-order chi connectivity index (χ1) is 11.1. The van der Waals surface area contributed by atoms with Gasteiger partial charge in [-0.2, -0.15) is 0 Å². The van der Waals surface area contributed by atoms with Crippen LogP contribution in [0.15, 0.2) is 24.3 Å². The summed E-state index contributed by atoms with van der Waals surface area (Å²) in [5.41, 5.74) is 0.992. The van der Waals surface area contributed by atoms with Gasteiger partial charge in [0.15, 0.2) is 0 Å². The van der Waals surface area contributed by atoms with Crippen molar-refractivity contribution in [2.24, 2.45) is 0 Å². The van der Waals surface area contributed by atoms with E-state index in [1.807, 2.05) is 11.8 Å². The van der Waals surface area contributed by atoms with Crippen LogP contribution < -0.4 is 0 Å². The zero-order valence-electron chi connectivity index (χ0n) is 13.3. The van der Waals surface area contributed by atoms with Crippen molar-refractivity contribution < 1.29 is 14.4 Å². The van der Waals surface area contributed by atoms with Gasteiger partial charge in [0.05, 0.1) is 11.1 Å². The third-order valence-electron chi connectivity index (χ3n) is 4.55. The van der Waals surface area contributed by atoms with Crippen LogP contribution in [0.3, 0.4) is 0 Å². The van der Waals surface area contributed by atoms with E-state index in [2.05, 4.69) is 4.90 Å². The summed E-state index contributed by atoms with van der Waals surface area (Å²) < 4.78 is 0. The van der Waals surface area contributed by atoms with Crippen molar-refractivity contribution >= 4 is 17.7 Å². The summed E-state index contributed by atoms with van der Waals surface area (Å²) in [6, 6.07) is 6.95. The van der Waals surface area contributed by atoms with Crippen molar-refractivity contribution in [2.75, 3.05) is 39.3 Å². The standard InChI is InChI=1S/C17H21N3O3/c1-2-15(21)19-10-7-18(8-11-19)9-12-20-16(22)13-5-3-4-6-14(13)17(20)23/h3-6H,2,7-12H2,1H3. The Labute approximate surface area is 135 Å². The Kier molecular flexibility index (Phi) is 4.43. The van der Waals surface area contributed by atoms with Gasteiger partial charge < -0.3 is 4.90 Å². The van der Waals surface area contributed by atoms with Gasteiger partial charge in [-0.3, -0.25) is 24.2 Å². The van der Waals surface area contributed by atoms with E-state index in [0.29, 0.717) is 30.6 Å². The van der Waals surface area contributed by atoms with Crippen molar-refractivity contribution in [2.45, 2.75) is 13.3 Å². The molecule has 23 heavy (non-hydrogen) atoms. The molecule has 2 heterocycles. The van der Waals surface area contributed by atoms with E-state index in [1.165, 1.54) is 4.90 Å². The highest BCUT2D eigenvalue weighted by Crippen LogP contribution is 2.22. The van der Waals surface area contributed by atoms with E-state index in [1.54, 1.807) is 24.3 Å². The van der Waals surface area contributed by atoms with E-state index in [0.717, 1.165) is 26.2 Å². The number of amides is 3. The molecule has 3 amide bonds. The monoisotopic (exact) mass is 315 g/mol. The highest BCUT2D eigenvalue weighted by Gasteiger charge is 2.35. The molecule has 0 aliphatic carbocycles. The molecule has 0 spiro atoms. The fraction of sp³-hybridized carbons (Fsp3) is 0.471. The molecule has 0 saturated carbocycles. The van der Waals surface area contributed by atoms with Crippen molar-refractivity contribution in [3.63, 3.8) is 0 Å². The molecule has 6 heteroatoms. The van der Waals surface area contributed by atoms with Crippen molar-refractivity contribution in [3.05, 3.63) is 35.4 Å². The third-order valence-corrected chi connectivity index (χ3v) is 4.55. The Bertz CT molecular complexity index is 601. The fourth-order valence-electron chi connectivity index (χ4n) is 3.13. The molecule has 2 aliphatic rings. The van der Waals surface area contributed by atoms with Gasteiger partial charge in [0.25, 0.3) is 11.8 Å². The predicted molar refractivity (Wildman–Crippen MR) is 85.1 cm³/mol. The normalized spacial score (nSPS) is 18.5. The number of carbonyl (C=O) groups excluding carboxylic acids is 3. The lowest BCUT2D eigenvalue weighted by Crippen LogP contribution is -2.50. The Hall–Kier alpha value is -2.21. The Balaban J connectivity index is 1.54. The molecule has 2 aliphatic heterocycles. The van der Waals surface area contributed by atoms with Gasteiger partial charge in [0.2, 0.25) is 5.91 Å². The molecule has 0 aromatic heterocycles. The SMILES string of the molecule is CCC(=O)N1CCN(CCN2C(=O)c3ccccc3C2=O)CC1. The molecule has 0 bridgehead atoms. The minimum atomic E-state index is -0.203. The number of nitrogens with zero attached hydrogens (tertiary/aromatic N) is 3. The topological polar surface area (TPSA) is 60.9 Å². The second-order valence-electron chi connectivity index (χ2n) is 5.88. The average molecular weight is 315 g/mol. The molecule has 6 nitrogen and oxygen atoms in total. The molecule has 0 atom stereocenters. The summed E-state index contributed by atoms with van der Waals surface area (Å²) in [6.45, 7) is 5.93. The minimum absolute atomic E-state index is 0.185.